The number of hydrogen-bond donors (Lipinski definition) is 3. The Morgan fingerprint density at radius 3 is 2.56 bits per heavy atom. The van der Waals surface area contributed by atoms with E-state index in [2.05, 4.69) is 15.7 Å². The number of para-hydroxylation sites is 1. The van der Waals surface area contributed by atoms with Crippen molar-refractivity contribution < 1.29 is 9.90 Å². The van der Waals surface area contributed by atoms with Crippen molar-refractivity contribution in [3.05, 3.63) is 78.0 Å². The minimum absolute atomic E-state index is 0.186. The molecule has 0 aliphatic carbocycles. The zero-order valence-corrected chi connectivity index (χ0v) is 13.9. The number of nitrogens with one attached hydrogen (secondary N) is 2. The molecule has 2 aromatic carbocycles. The Balaban J connectivity index is 1.74. The molecule has 128 valence electrons. The van der Waals surface area contributed by atoms with Crippen LogP contribution < -0.4 is 10.6 Å². The van der Waals surface area contributed by atoms with E-state index < -0.39 is 12.1 Å². The normalized spacial score (nSPS) is 11.8. The zero-order chi connectivity index (χ0) is 17.6. The standard InChI is InChI=1S/C19H20N4O2/c1-14-7-5-6-10-17(14)23-18(11-12-20-23)22-19(25)21-16(13-24)15-8-3-2-4-9-15/h2-12,16,24H,13H2,1H3,(H2,21,22,25)/t16-/m1/s1. The summed E-state index contributed by atoms with van der Waals surface area (Å²) in [6, 6.07) is 18.0. The predicted octanol–water partition coefficient (Wildman–Crippen LogP) is 3.04. The first kappa shape index (κ1) is 16.7. The monoisotopic (exact) mass is 336 g/mol. The van der Waals surface area contributed by atoms with E-state index in [-0.39, 0.29) is 6.61 Å². The third-order valence-electron chi connectivity index (χ3n) is 3.92. The average molecular weight is 336 g/mol. The van der Waals surface area contributed by atoms with Crippen LogP contribution in [0.2, 0.25) is 0 Å². The lowest BCUT2D eigenvalue weighted by Gasteiger charge is -2.18. The number of aliphatic hydroxyl groups is 1. The second-order valence-corrected chi connectivity index (χ2v) is 5.66. The van der Waals surface area contributed by atoms with Gasteiger partial charge >= 0.3 is 6.03 Å². The molecule has 6 nitrogen and oxygen atoms in total. The largest absolute Gasteiger partial charge is 0.394 e. The number of aliphatic hydroxyl groups excluding tert-OH is 1. The SMILES string of the molecule is Cc1ccccc1-n1nccc1NC(=O)N[C@H](CO)c1ccccc1. The van der Waals surface area contributed by atoms with Gasteiger partial charge in [0.25, 0.3) is 0 Å². The molecule has 0 aliphatic heterocycles. The number of amides is 2. The number of anilines is 1. The summed E-state index contributed by atoms with van der Waals surface area (Å²) < 4.78 is 1.67. The number of rotatable bonds is 5. The van der Waals surface area contributed by atoms with Crippen molar-refractivity contribution in [3.63, 3.8) is 0 Å². The number of nitrogens with zero attached hydrogens (tertiary/aromatic N) is 2. The Morgan fingerprint density at radius 2 is 1.84 bits per heavy atom. The van der Waals surface area contributed by atoms with Crippen LogP contribution in [0.15, 0.2) is 66.9 Å². The molecule has 0 fully saturated rings. The van der Waals surface area contributed by atoms with Crippen molar-refractivity contribution in [2.24, 2.45) is 0 Å². The van der Waals surface area contributed by atoms with Crippen LogP contribution in [0.25, 0.3) is 5.69 Å². The van der Waals surface area contributed by atoms with E-state index in [0.29, 0.717) is 5.82 Å². The maximum atomic E-state index is 12.3. The molecule has 3 rings (SSSR count). The fourth-order valence-electron chi connectivity index (χ4n) is 2.62. The number of aryl methyl sites for hydroxylation is 1. The average Bonchev–Trinajstić information content (AvgIpc) is 3.08. The molecule has 0 spiro atoms. The first-order valence-electron chi connectivity index (χ1n) is 8.02. The van der Waals surface area contributed by atoms with Crippen LogP contribution in [0.5, 0.6) is 0 Å². The topological polar surface area (TPSA) is 79.2 Å². The lowest BCUT2D eigenvalue weighted by atomic mass is 10.1. The molecule has 1 heterocycles. The highest BCUT2D eigenvalue weighted by molar-refractivity contribution is 5.89. The second kappa shape index (κ2) is 7.63. The number of carbonyl (C=O) groups excluding carboxylic acids is 1. The van der Waals surface area contributed by atoms with E-state index in [1.54, 1.807) is 16.9 Å². The van der Waals surface area contributed by atoms with Crippen LogP contribution in [-0.4, -0.2) is 27.5 Å². The molecule has 0 unspecified atom stereocenters. The molecular formula is C19H20N4O2. The molecule has 0 saturated carbocycles. The van der Waals surface area contributed by atoms with Gasteiger partial charge in [-0.25, -0.2) is 9.48 Å². The Morgan fingerprint density at radius 1 is 1.12 bits per heavy atom. The Kier molecular flexibility index (Phi) is 5.11. The quantitative estimate of drug-likeness (QED) is 0.670. The number of urea groups is 1. The van der Waals surface area contributed by atoms with Crippen molar-refractivity contribution >= 4 is 11.8 Å². The van der Waals surface area contributed by atoms with Gasteiger partial charge in [0.15, 0.2) is 0 Å². The third kappa shape index (κ3) is 3.87. The molecule has 0 saturated heterocycles. The maximum absolute atomic E-state index is 12.3. The molecule has 3 N–H and O–H groups in total. The van der Waals surface area contributed by atoms with Crippen LogP contribution in [-0.2, 0) is 0 Å². The molecule has 1 aromatic heterocycles. The smallest absolute Gasteiger partial charge is 0.320 e. The van der Waals surface area contributed by atoms with Crippen molar-refractivity contribution in [2.75, 3.05) is 11.9 Å². The van der Waals surface area contributed by atoms with E-state index in [0.717, 1.165) is 16.8 Å². The van der Waals surface area contributed by atoms with Gasteiger partial charge in [0.2, 0.25) is 0 Å². The maximum Gasteiger partial charge on any atom is 0.320 e. The zero-order valence-electron chi connectivity index (χ0n) is 13.9. The van der Waals surface area contributed by atoms with Gasteiger partial charge in [-0.15, -0.1) is 0 Å². The fourth-order valence-corrected chi connectivity index (χ4v) is 2.62. The summed E-state index contributed by atoms with van der Waals surface area (Å²) in [6.07, 6.45) is 1.63. The van der Waals surface area contributed by atoms with Gasteiger partial charge in [-0.2, -0.15) is 5.10 Å². The molecule has 2 amide bonds. The molecule has 3 aromatic rings. The van der Waals surface area contributed by atoms with Gasteiger partial charge in [-0.1, -0.05) is 48.5 Å². The molecule has 1 atom stereocenters. The van der Waals surface area contributed by atoms with E-state index in [1.165, 1.54) is 0 Å². The van der Waals surface area contributed by atoms with Gasteiger partial charge in [-0.05, 0) is 24.1 Å². The van der Waals surface area contributed by atoms with Crippen LogP contribution in [0.1, 0.15) is 17.2 Å². The molecule has 0 radical (unpaired) electrons. The Labute approximate surface area is 146 Å². The second-order valence-electron chi connectivity index (χ2n) is 5.66. The third-order valence-corrected chi connectivity index (χ3v) is 3.92. The number of aromatic nitrogens is 2. The van der Waals surface area contributed by atoms with Gasteiger partial charge in [0.1, 0.15) is 5.82 Å². The number of carbonyl (C=O) groups is 1. The fraction of sp³-hybridized carbons (Fsp3) is 0.158. The molecular weight excluding hydrogens is 316 g/mol. The lowest BCUT2D eigenvalue weighted by molar-refractivity contribution is 0.225. The van der Waals surface area contributed by atoms with Crippen LogP contribution >= 0.6 is 0 Å². The summed E-state index contributed by atoms with van der Waals surface area (Å²) in [4.78, 5) is 12.3. The Hall–Kier alpha value is -3.12. The van der Waals surface area contributed by atoms with Gasteiger partial charge in [0, 0.05) is 6.07 Å². The molecule has 25 heavy (non-hydrogen) atoms. The van der Waals surface area contributed by atoms with Gasteiger partial charge < -0.3 is 10.4 Å². The lowest BCUT2D eigenvalue weighted by Crippen LogP contribution is -2.34. The number of hydrogen-bond acceptors (Lipinski definition) is 3. The van der Waals surface area contributed by atoms with Crippen molar-refractivity contribution in [1.82, 2.24) is 15.1 Å². The highest BCUT2D eigenvalue weighted by Crippen LogP contribution is 2.18. The van der Waals surface area contributed by atoms with Crippen molar-refractivity contribution in [3.8, 4) is 5.69 Å². The van der Waals surface area contributed by atoms with Gasteiger partial charge in [0.05, 0.1) is 24.5 Å². The minimum Gasteiger partial charge on any atom is -0.394 e. The van der Waals surface area contributed by atoms with Crippen molar-refractivity contribution in [2.45, 2.75) is 13.0 Å². The van der Waals surface area contributed by atoms with Crippen LogP contribution in [0, 0.1) is 6.92 Å². The summed E-state index contributed by atoms with van der Waals surface area (Å²) in [5.41, 5.74) is 2.78. The summed E-state index contributed by atoms with van der Waals surface area (Å²) in [5.74, 6) is 0.552. The Bertz CT molecular complexity index is 845. The highest BCUT2D eigenvalue weighted by Gasteiger charge is 2.15. The van der Waals surface area contributed by atoms with Crippen molar-refractivity contribution in [1.29, 1.82) is 0 Å². The predicted molar refractivity (Wildman–Crippen MR) is 96.7 cm³/mol. The molecule has 0 aliphatic rings. The highest BCUT2D eigenvalue weighted by atomic mass is 16.3. The summed E-state index contributed by atoms with van der Waals surface area (Å²) in [6.45, 7) is 1.80. The first-order chi connectivity index (χ1) is 12.2. The van der Waals surface area contributed by atoms with E-state index in [1.807, 2.05) is 61.5 Å². The van der Waals surface area contributed by atoms with E-state index in [4.69, 9.17) is 0 Å². The van der Waals surface area contributed by atoms with E-state index in [9.17, 15) is 9.90 Å². The van der Waals surface area contributed by atoms with Crippen LogP contribution in [0.3, 0.4) is 0 Å². The molecule has 6 heteroatoms. The first-order valence-corrected chi connectivity index (χ1v) is 8.02. The van der Waals surface area contributed by atoms with E-state index >= 15 is 0 Å². The summed E-state index contributed by atoms with van der Waals surface area (Å²) >= 11 is 0. The van der Waals surface area contributed by atoms with Crippen LogP contribution in [0.4, 0.5) is 10.6 Å². The summed E-state index contributed by atoms with van der Waals surface area (Å²) in [7, 11) is 0. The molecule has 0 bridgehead atoms. The summed E-state index contributed by atoms with van der Waals surface area (Å²) in [5, 5.41) is 19.4. The number of benzene rings is 2. The minimum atomic E-state index is -0.476. The van der Waals surface area contributed by atoms with Gasteiger partial charge in [-0.3, -0.25) is 5.32 Å².